The van der Waals surface area contributed by atoms with E-state index in [-0.39, 0.29) is 17.3 Å². The standard InChI is InChI=1S/C15H17N3O4S/c16-12-7-4-8-17-15(12)23(19,20)18-13-9-21-10-14(13)22-11-5-2-1-3-6-11/h1-8,13-14,18H,9-10,16H2/t13-,14+/m1/s1. The highest BCUT2D eigenvalue weighted by atomic mass is 32.2. The summed E-state index contributed by atoms with van der Waals surface area (Å²) in [6.07, 6.45) is 0.964. The lowest BCUT2D eigenvalue weighted by Crippen LogP contribution is -2.45. The van der Waals surface area contributed by atoms with Crippen LogP contribution >= 0.6 is 0 Å². The number of para-hydroxylation sites is 1. The molecule has 3 N–H and O–H groups in total. The Morgan fingerprint density at radius 3 is 2.70 bits per heavy atom. The Labute approximate surface area is 134 Å². The molecule has 0 radical (unpaired) electrons. The topological polar surface area (TPSA) is 104 Å². The molecule has 0 spiro atoms. The second kappa shape index (κ2) is 6.53. The highest BCUT2D eigenvalue weighted by Gasteiger charge is 2.35. The molecule has 0 bridgehead atoms. The van der Waals surface area contributed by atoms with Gasteiger partial charge < -0.3 is 15.2 Å². The maximum atomic E-state index is 12.4. The SMILES string of the molecule is Nc1cccnc1S(=O)(=O)N[C@@H]1COC[C@@H]1Oc1ccccc1. The summed E-state index contributed by atoms with van der Waals surface area (Å²) in [6, 6.07) is 11.7. The Bertz CT molecular complexity index is 767. The van der Waals surface area contributed by atoms with Crippen molar-refractivity contribution in [1.82, 2.24) is 9.71 Å². The van der Waals surface area contributed by atoms with Crippen LogP contribution in [0.15, 0.2) is 53.7 Å². The summed E-state index contributed by atoms with van der Waals surface area (Å²) in [5.41, 5.74) is 5.79. The maximum absolute atomic E-state index is 12.4. The van der Waals surface area contributed by atoms with E-state index in [1.165, 1.54) is 12.3 Å². The number of nitrogens with zero attached hydrogens (tertiary/aromatic N) is 1. The van der Waals surface area contributed by atoms with Gasteiger partial charge in [-0.15, -0.1) is 0 Å². The lowest BCUT2D eigenvalue weighted by Gasteiger charge is -2.20. The fraction of sp³-hybridized carbons (Fsp3) is 0.267. The first-order valence-electron chi connectivity index (χ1n) is 7.08. The number of aromatic nitrogens is 1. The largest absolute Gasteiger partial charge is 0.486 e. The van der Waals surface area contributed by atoms with Gasteiger partial charge in [0.05, 0.1) is 24.9 Å². The molecule has 8 heteroatoms. The van der Waals surface area contributed by atoms with Crippen LogP contribution in [-0.2, 0) is 14.8 Å². The van der Waals surface area contributed by atoms with Crippen LogP contribution in [0.2, 0.25) is 0 Å². The molecule has 2 aromatic rings. The Balaban J connectivity index is 1.75. The molecule has 122 valence electrons. The Morgan fingerprint density at radius 1 is 1.17 bits per heavy atom. The van der Waals surface area contributed by atoms with Crippen LogP contribution in [0.1, 0.15) is 0 Å². The molecule has 0 unspecified atom stereocenters. The van der Waals surface area contributed by atoms with Gasteiger partial charge in [0.15, 0.2) is 5.03 Å². The predicted octanol–water partition coefficient (Wildman–Crippen LogP) is 0.789. The van der Waals surface area contributed by atoms with Gasteiger partial charge in [-0.2, -0.15) is 0 Å². The number of sulfonamides is 1. The number of nitrogen functional groups attached to an aromatic ring is 1. The lowest BCUT2D eigenvalue weighted by molar-refractivity contribution is 0.140. The number of pyridine rings is 1. The molecule has 23 heavy (non-hydrogen) atoms. The number of nitrogens with two attached hydrogens (primary N) is 1. The average molecular weight is 335 g/mol. The van der Waals surface area contributed by atoms with Crippen molar-refractivity contribution in [2.75, 3.05) is 18.9 Å². The van der Waals surface area contributed by atoms with E-state index < -0.39 is 22.2 Å². The Hall–Kier alpha value is -2.16. The normalized spacial score (nSPS) is 21.2. The lowest BCUT2D eigenvalue weighted by atomic mass is 10.2. The second-order valence-electron chi connectivity index (χ2n) is 5.13. The monoisotopic (exact) mass is 335 g/mol. The molecule has 7 nitrogen and oxygen atoms in total. The van der Waals surface area contributed by atoms with Crippen molar-refractivity contribution in [3.8, 4) is 5.75 Å². The molecule has 1 aromatic heterocycles. The highest BCUT2D eigenvalue weighted by molar-refractivity contribution is 7.89. The third-order valence-corrected chi connectivity index (χ3v) is 4.88. The summed E-state index contributed by atoms with van der Waals surface area (Å²) in [5.74, 6) is 0.657. The molecule has 0 amide bonds. The fourth-order valence-electron chi connectivity index (χ4n) is 2.32. The molecule has 1 aliphatic heterocycles. The van der Waals surface area contributed by atoms with Crippen LogP contribution in [0.3, 0.4) is 0 Å². The molecule has 2 atom stereocenters. The first-order chi connectivity index (χ1) is 11.1. The molecule has 0 aliphatic carbocycles. The van der Waals surface area contributed by atoms with Gasteiger partial charge in [-0.1, -0.05) is 18.2 Å². The minimum Gasteiger partial charge on any atom is -0.486 e. The van der Waals surface area contributed by atoms with Crippen LogP contribution in [0.25, 0.3) is 0 Å². The number of ether oxygens (including phenoxy) is 2. The second-order valence-corrected chi connectivity index (χ2v) is 6.76. The zero-order chi connectivity index (χ0) is 16.3. The summed E-state index contributed by atoms with van der Waals surface area (Å²) in [5, 5.41) is -0.189. The van der Waals surface area contributed by atoms with E-state index in [0.717, 1.165) is 0 Å². The number of hydrogen-bond acceptors (Lipinski definition) is 6. The molecule has 0 saturated carbocycles. The quantitative estimate of drug-likeness (QED) is 0.837. The van der Waals surface area contributed by atoms with Crippen LogP contribution in [0.4, 0.5) is 5.69 Å². The summed E-state index contributed by atoms with van der Waals surface area (Å²) in [7, 11) is -3.85. The summed E-state index contributed by atoms with van der Waals surface area (Å²) < 4.78 is 38.6. The number of hydrogen-bond donors (Lipinski definition) is 2. The van der Waals surface area contributed by atoms with E-state index in [1.807, 2.05) is 18.2 Å². The van der Waals surface area contributed by atoms with Crippen LogP contribution in [-0.4, -0.2) is 38.8 Å². The van der Waals surface area contributed by atoms with E-state index >= 15 is 0 Å². The fourth-order valence-corrected chi connectivity index (χ4v) is 3.63. The number of nitrogens with one attached hydrogen (secondary N) is 1. The van der Waals surface area contributed by atoms with Crippen molar-refractivity contribution in [2.24, 2.45) is 0 Å². The van der Waals surface area contributed by atoms with E-state index in [1.54, 1.807) is 18.2 Å². The summed E-state index contributed by atoms with van der Waals surface area (Å²) >= 11 is 0. The van der Waals surface area contributed by atoms with Crippen molar-refractivity contribution >= 4 is 15.7 Å². The van der Waals surface area contributed by atoms with E-state index in [2.05, 4.69) is 9.71 Å². The number of rotatable bonds is 5. The highest BCUT2D eigenvalue weighted by Crippen LogP contribution is 2.20. The molecule has 3 rings (SSSR count). The van der Waals surface area contributed by atoms with Crippen molar-refractivity contribution < 1.29 is 17.9 Å². The first-order valence-corrected chi connectivity index (χ1v) is 8.57. The third-order valence-electron chi connectivity index (χ3n) is 3.42. The van der Waals surface area contributed by atoms with Gasteiger partial charge in [0, 0.05) is 6.20 Å². The van der Waals surface area contributed by atoms with Crippen LogP contribution < -0.4 is 15.2 Å². The zero-order valence-electron chi connectivity index (χ0n) is 12.3. The van der Waals surface area contributed by atoms with Gasteiger partial charge in [-0.05, 0) is 24.3 Å². The van der Waals surface area contributed by atoms with Crippen molar-refractivity contribution in [1.29, 1.82) is 0 Å². The van der Waals surface area contributed by atoms with Crippen molar-refractivity contribution in [2.45, 2.75) is 17.2 Å². The molecular weight excluding hydrogens is 318 g/mol. The number of anilines is 1. The van der Waals surface area contributed by atoms with Gasteiger partial charge in [-0.25, -0.2) is 18.1 Å². The first kappa shape index (κ1) is 15.7. The predicted molar refractivity (Wildman–Crippen MR) is 84.4 cm³/mol. The molecule has 1 aromatic carbocycles. The Morgan fingerprint density at radius 2 is 1.96 bits per heavy atom. The van der Waals surface area contributed by atoms with Gasteiger partial charge in [0.25, 0.3) is 10.0 Å². The van der Waals surface area contributed by atoms with Gasteiger partial charge in [0.1, 0.15) is 11.9 Å². The summed E-state index contributed by atoms with van der Waals surface area (Å²) in [4.78, 5) is 3.84. The van der Waals surface area contributed by atoms with Gasteiger partial charge >= 0.3 is 0 Å². The number of benzene rings is 1. The van der Waals surface area contributed by atoms with Gasteiger partial charge in [-0.3, -0.25) is 0 Å². The van der Waals surface area contributed by atoms with Crippen molar-refractivity contribution in [3.63, 3.8) is 0 Å². The van der Waals surface area contributed by atoms with Gasteiger partial charge in [0.2, 0.25) is 0 Å². The molecule has 2 heterocycles. The van der Waals surface area contributed by atoms with E-state index in [0.29, 0.717) is 12.4 Å². The Kier molecular flexibility index (Phi) is 4.46. The van der Waals surface area contributed by atoms with Crippen LogP contribution in [0.5, 0.6) is 5.75 Å². The smallest absolute Gasteiger partial charge is 0.260 e. The molecule has 1 fully saturated rings. The average Bonchev–Trinajstić information content (AvgIpc) is 2.95. The molecule has 1 saturated heterocycles. The molecule has 1 aliphatic rings. The maximum Gasteiger partial charge on any atom is 0.260 e. The zero-order valence-corrected chi connectivity index (χ0v) is 13.1. The minimum atomic E-state index is -3.85. The van der Waals surface area contributed by atoms with E-state index in [9.17, 15) is 8.42 Å². The molecular formula is C15H17N3O4S. The van der Waals surface area contributed by atoms with E-state index in [4.69, 9.17) is 15.2 Å². The van der Waals surface area contributed by atoms with Crippen molar-refractivity contribution in [3.05, 3.63) is 48.7 Å². The van der Waals surface area contributed by atoms with Crippen LogP contribution in [0, 0.1) is 0 Å². The minimum absolute atomic E-state index is 0.0967. The summed E-state index contributed by atoms with van der Waals surface area (Å²) in [6.45, 7) is 0.531. The third kappa shape index (κ3) is 3.61.